The average molecular weight is 401 g/mol. The van der Waals surface area contributed by atoms with Crippen molar-refractivity contribution in [3.05, 3.63) is 42.0 Å². The SMILES string of the molecule is CC(C)[C@H]1[C@@H](O)[C@H]2O[C@]2(C)CC[C@@H]2O[C@]2(C)C[C@@H]1OC(=O)/C=C/c1ccccc1. The highest BCUT2D eigenvalue weighted by molar-refractivity contribution is 5.87. The molecule has 29 heavy (non-hydrogen) atoms. The number of fused-ring (bicyclic) bond motifs is 2. The standard InChI is InChI=1S/C24H32O5/c1-15(2)20-17(27-19(25)11-10-16-8-6-5-7-9-16)14-24(4)18(28-24)12-13-23(3)22(29-23)21(20)26/h5-11,15,17-18,20-22,26H,12-14H2,1-4H3/b11-10+/t17-,18-,20+,21+,22+,23+,24+/m0/s1. The van der Waals surface area contributed by atoms with Crippen molar-refractivity contribution in [2.24, 2.45) is 11.8 Å². The van der Waals surface area contributed by atoms with Crippen LogP contribution in [0.1, 0.15) is 52.5 Å². The van der Waals surface area contributed by atoms with Gasteiger partial charge in [0.15, 0.2) is 0 Å². The molecule has 1 aromatic rings. The summed E-state index contributed by atoms with van der Waals surface area (Å²) in [6.07, 6.45) is 4.43. The Morgan fingerprint density at radius 1 is 1.21 bits per heavy atom. The van der Waals surface area contributed by atoms with Crippen molar-refractivity contribution < 1.29 is 24.1 Å². The highest BCUT2D eigenvalue weighted by Gasteiger charge is 2.63. The highest BCUT2D eigenvalue weighted by Crippen LogP contribution is 2.52. The summed E-state index contributed by atoms with van der Waals surface area (Å²) in [6.45, 7) is 8.27. The third-order valence-corrected chi connectivity index (χ3v) is 6.87. The minimum absolute atomic E-state index is 0.134. The van der Waals surface area contributed by atoms with E-state index >= 15 is 0 Å². The van der Waals surface area contributed by atoms with Gasteiger partial charge in [-0.3, -0.25) is 0 Å². The van der Waals surface area contributed by atoms with Crippen LogP contribution in [-0.4, -0.2) is 46.7 Å². The molecule has 3 fully saturated rings. The number of rotatable bonds is 4. The predicted octanol–water partition coefficient (Wildman–Crippen LogP) is 3.74. The molecule has 5 nitrogen and oxygen atoms in total. The quantitative estimate of drug-likeness (QED) is 0.474. The monoisotopic (exact) mass is 400 g/mol. The molecule has 2 aliphatic heterocycles. The smallest absolute Gasteiger partial charge is 0.331 e. The Bertz CT molecular complexity index is 775. The topological polar surface area (TPSA) is 71.6 Å². The first-order chi connectivity index (χ1) is 13.7. The van der Waals surface area contributed by atoms with E-state index in [0.29, 0.717) is 6.42 Å². The number of benzene rings is 1. The van der Waals surface area contributed by atoms with E-state index in [-0.39, 0.29) is 35.2 Å². The van der Waals surface area contributed by atoms with E-state index < -0.39 is 18.2 Å². The molecule has 0 spiro atoms. The number of esters is 1. The fourth-order valence-corrected chi connectivity index (χ4v) is 4.96. The third-order valence-electron chi connectivity index (χ3n) is 6.87. The lowest BCUT2D eigenvalue weighted by atomic mass is 9.76. The Morgan fingerprint density at radius 3 is 2.62 bits per heavy atom. The molecule has 0 radical (unpaired) electrons. The van der Waals surface area contributed by atoms with Crippen LogP contribution in [0, 0.1) is 11.8 Å². The van der Waals surface area contributed by atoms with Crippen LogP contribution in [0.4, 0.5) is 0 Å². The van der Waals surface area contributed by atoms with Crippen molar-refractivity contribution >= 4 is 12.0 Å². The van der Waals surface area contributed by atoms with Crippen molar-refractivity contribution in [1.82, 2.24) is 0 Å². The summed E-state index contributed by atoms with van der Waals surface area (Å²) in [5.74, 6) is -0.473. The fraction of sp³-hybridized carbons (Fsp3) is 0.625. The summed E-state index contributed by atoms with van der Waals surface area (Å²) in [4.78, 5) is 12.6. The van der Waals surface area contributed by atoms with E-state index in [9.17, 15) is 9.90 Å². The Hall–Kier alpha value is -1.69. The zero-order valence-electron chi connectivity index (χ0n) is 17.7. The van der Waals surface area contributed by atoms with Crippen molar-refractivity contribution in [2.45, 2.75) is 82.6 Å². The number of ether oxygens (including phenoxy) is 3. The van der Waals surface area contributed by atoms with Gasteiger partial charge >= 0.3 is 5.97 Å². The molecule has 158 valence electrons. The molecule has 2 saturated heterocycles. The van der Waals surface area contributed by atoms with Gasteiger partial charge in [0, 0.05) is 18.4 Å². The maximum absolute atomic E-state index is 12.6. The van der Waals surface area contributed by atoms with Crippen LogP contribution in [0.15, 0.2) is 36.4 Å². The molecule has 4 rings (SSSR count). The highest BCUT2D eigenvalue weighted by atomic mass is 16.6. The summed E-state index contributed by atoms with van der Waals surface area (Å²) in [7, 11) is 0. The van der Waals surface area contributed by atoms with Crippen LogP contribution < -0.4 is 0 Å². The van der Waals surface area contributed by atoms with Gasteiger partial charge in [0.05, 0.1) is 23.4 Å². The normalized spacial score (nSPS) is 41.5. The van der Waals surface area contributed by atoms with Crippen molar-refractivity contribution in [3.63, 3.8) is 0 Å². The maximum atomic E-state index is 12.6. The van der Waals surface area contributed by atoms with Gasteiger partial charge in [-0.05, 0) is 44.2 Å². The molecule has 5 heteroatoms. The van der Waals surface area contributed by atoms with E-state index in [1.165, 1.54) is 6.08 Å². The second kappa shape index (κ2) is 7.53. The van der Waals surface area contributed by atoms with Gasteiger partial charge in [-0.15, -0.1) is 0 Å². The van der Waals surface area contributed by atoms with E-state index in [4.69, 9.17) is 14.2 Å². The van der Waals surface area contributed by atoms with Gasteiger partial charge in [-0.25, -0.2) is 4.79 Å². The van der Waals surface area contributed by atoms with Gasteiger partial charge in [0.2, 0.25) is 0 Å². The molecule has 3 aliphatic rings. The summed E-state index contributed by atoms with van der Waals surface area (Å²) in [5.41, 5.74) is 0.327. The molecule has 2 heterocycles. The number of hydrogen-bond donors (Lipinski definition) is 1. The lowest BCUT2D eigenvalue weighted by Gasteiger charge is -2.34. The van der Waals surface area contributed by atoms with Crippen LogP contribution in [0.3, 0.4) is 0 Å². The van der Waals surface area contributed by atoms with Crippen molar-refractivity contribution in [1.29, 1.82) is 0 Å². The number of aliphatic hydroxyl groups excluding tert-OH is 1. The second-order valence-corrected chi connectivity index (χ2v) is 9.54. The summed E-state index contributed by atoms with van der Waals surface area (Å²) >= 11 is 0. The molecule has 1 aromatic carbocycles. The lowest BCUT2D eigenvalue weighted by molar-refractivity contribution is -0.152. The average Bonchev–Trinajstić information content (AvgIpc) is 3.53. The maximum Gasteiger partial charge on any atom is 0.331 e. The summed E-state index contributed by atoms with van der Waals surface area (Å²) < 4.78 is 17.9. The molecule has 0 aromatic heterocycles. The van der Waals surface area contributed by atoms with E-state index in [2.05, 4.69) is 27.7 Å². The molecular weight excluding hydrogens is 368 g/mol. The van der Waals surface area contributed by atoms with Crippen LogP contribution in [0.2, 0.25) is 0 Å². The minimum Gasteiger partial charge on any atom is -0.459 e. The van der Waals surface area contributed by atoms with E-state index in [0.717, 1.165) is 18.4 Å². The van der Waals surface area contributed by atoms with Crippen LogP contribution in [-0.2, 0) is 19.0 Å². The van der Waals surface area contributed by atoms with E-state index in [1.54, 1.807) is 6.08 Å². The van der Waals surface area contributed by atoms with E-state index in [1.807, 2.05) is 30.3 Å². The van der Waals surface area contributed by atoms with Crippen molar-refractivity contribution in [3.8, 4) is 0 Å². The Labute approximate surface area is 173 Å². The Kier molecular flexibility index (Phi) is 5.34. The number of aliphatic hydroxyl groups is 1. The Morgan fingerprint density at radius 2 is 1.93 bits per heavy atom. The summed E-state index contributed by atoms with van der Waals surface area (Å²) in [5, 5.41) is 11.1. The molecule has 0 bridgehead atoms. The number of carbonyl (C=O) groups is 1. The molecule has 0 amide bonds. The molecule has 1 N–H and O–H groups in total. The molecule has 1 saturated carbocycles. The van der Waals surface area contributed by atoms with Crippen LogP contribution >= 0.6 is 0 Å². The first kappa shape index (κ1) is 20.6. The molecule has 1 aliphatic carbocycles. The largest absolute Gasteiger partial charge is 0.459 e. The molecule has 7 atom stereocenters. The Balaban J connectivity index is 1.54. The van der Waals surface area contributed by atoms with Gasteiger partial charge in [-0.1, -0.05) is 44.2 Å². The first-order valence-electron chi connectivity index (χ1n) is 10.7. The van der Waals surface area contributed by atoms with Gasteiger partial charge in [0.25, 0.3) is 0 Å². The minimum atomic E-state index is -0.671. The molecular formula is C24H32O5. The fourth-order valence-electron chi connectivity index (χ4n) is 4.96. The summed E-state index contributed by atoms with van der Waals surface area (Å²) in [6, 6.07) is 9.65. The zero-order valence-corrected chi connectivity index (χ0v) is 17.7. The molecule has 0 unspecified atom stereocenters. The third kappa shape index (κ3) is 4.27. The predicted molar refractivity (Wildman–Crippen MR) is 110 cm³/mol. The second-order valence-electron chi connectivity index (χ2n) is 9.54. The van der Waals surface area contributed by atoms with Crippen LogP contribution in [0.25, 0.3) is 6.08 Å². The number of carbonyl (C=O) groups excluding carboxylic acids is 1. The zero-order chi connectivity index (χ0) is 20.8. The van der Waals surface area contributed by atoms with Crippen molar-refractivity contribution in [2.75, 3.05) is 0 Å². The van der Waals surface area contributed by atoms with Gasteiger partial charge in [0.1, 0.15) is 12.2 Å². The number of hydrogen-bond acceptors (Lipinski definition) is 5. The lowest BCUT2D eigenvalue weighted by Crippen LogP contribution is -2.45. The first-order valence-corrected chi connectivity index (χ1v) is 10.7. The van der Waals surface area contributed by atoms with Crippen LogP contribution in [0.5, 0.6) is 0 Å². The van der Waals surface area contributed by atoms with Gasteiger partial charge < -0.3 is 19.3 Å². The van der Waals surface area contributed by atoms with Gasteiger partial charge in [-0.2, -0.15) is 0 Å². The number of epoxide rings is 2.